The predicted molar refractivity (Wildman–Crippen MR) is 40.3 cm³/mol. The molecular weight excluding hydrogens is 142 g/mol. The Balaban J connectivity index is 1.87. The second-order valence-corrected chi connectivity index (χ2v) is 3.58. The van der Waals surface area contributed by atoms with E-state index in [-0.39, 0.29) is 6.04 Å². The summed E-state index contributed by atoms with van der Waals surface area (Å²) in [7, 11) is 0. The zero-order valence-corrected chi connectivity index (χ0v) is 6.42. The third kappa shape index (κ3) is 1.38. The van der Waals surface area contributed by atoms with Crippen LogP contribution in [0.4, 0.5) is 0 Å². The Bertz CT molecular complexity index is 177. The number of aliphatic carboxylic acids is 1. The highest BCUT2D eigenvalue weighted by molar-refractivity contribution is 5.73. The van der Waals surface area contributed by atoms with E-state index in [0.717, 1.165) is 18.8 Å². The quantitative estimate of drug-likeness (QED) is 0.614. The van der Waals surface area contributed by atoms with Crippen LogP contribution in [0.25, 0.3) is 0 Å². The number of carboxylic acids is 1. The molecule has 2 N–H and O–H groups in total. The number of rotatable bonds is 2. The molecule has 2 fully saturated rings. The summed E-state index contributed by atoms with van der Waals surface area (Å²) in [4.78, 5) is 10.5. The van der Waals surface area contributed by atoms with Crippen LogP contribution in [0, 0.1) is 5.92 Å². The third-order valence-electron chi connectivity index (χ3n) is 2.67. The molecule has 11 heavy (non-hydrogen) atoms. The Kier molecular flexibility index (Phi) is 1.60. The first-order valence-electron chi connectivity index (χ1n) is 4.26. The number of hydrogen-bond donors (Lipinski definition) is 2. The van der Waals surface area contributed by atoms with Crippen molar-refractivity contribution in [2.24, 2.45) is 5.92 Å². The molecule has 0 unspecified atom stereocenters. The molecule has 1 saturated heterocycles. The van der Waals surface area contributed by atoms with Crippen LogP contribution in [-0.4, -0.2) is 23.2 Å². The molecule has 1 aliphatic carbocycles. The summed E-state index contributed by atoms with van der Waals surface area (Å²) in [5, 5.41) is 11.8. The van der Waals surface area contributed by atoms with Gasteiger partial charge >= 0.3 is 5.97 Å². The van der Waals surface area contributed by atoms with Gasteiger partial charge in [-0.15, -0.1) is 0 Å². The molecule has 0 bridgehead atoms. The molecule has 3 nitrogen and oxygen atoms in total. The molecule has 2 atom stereocenters. The molecule has 3 heteroatoms. The molecule has 62 valence electrons. The second kappa shape index (κ2) is 2.48. The summed E-state index contributed by atoms with van der Waals surface area (Å²) in [6.07, 6.45) is 4.46. The van der Waals surface area contributed by atoms with Gasteiger partial charge in [-0.2, -0.15) is 0 Å². The lowest BCUT2D eigenvalue weighted by atomic mass is 10.1. The summed E-state index contributed by atoms with van der Waals surface area (Å²) in [5.41, 5.74) is 0. The van der Waals surface area contributed by atoms with Crippen molar-refractivity contribution in [2.75, 3.05) is 0 Å². The maximum Gasteiger partial charge on any atom is 0.320 e. The van der Waals surface area contributed by atoms with E-state index < -0.39 is 5.97 Å². The number of carbonyl (C=O) groups is 1. The normalized spacial score (nSPS) is 37.5. The van der Waals surface area contributed by atoms with Gasteiger partial charge in [-0.1, -0.05) is 0 Å². The number of carboxylic acid groups (broad SMARTS) is 1. The first-order valence-corrected chi connectivity index (χ1v) is 4.26. The maximum atomic E-state index is 10.5. The highest BCUT2D eigenvalue weighted by Crippen LogP contribution is 2.37. The fourth-order valence-corrected chi connectivity index (χ4v) is 1.84. The van der Waals surface area contributed by atoms with Crippen LogP contribution in [-0.2, 0) is 4.79 Å². The van der Waals surface area contributed by atoms with Gasteiger partial charge in [-0.3, -0.25) is 4.79 Å². The minimum absolute atomic E-state index is 0.263. The van der Waals surface area contributed by atoms with Crippen LogP contribution < -0.4 is 5.32 Å². The lowest BCUT2D eigenvalue weighted by Gasteiger charge is -2.09. The van der Waals surface area contributed by atoms with E-state index in [1.165, 1.54) is 12.8 Å². The highest BCUT2D eigenvalue weighted by Gasteiger charge is 2.38. The molecule has 2 rings (SSSR count). The lowest BCUT2D eigenvalue weighted by Crippen LogP contribution is -2.36. The molecule has 0 aromatic carbocycles. The standard InChI is InChI=1S/C8H13NO2/c10-8(11)7-4-3-6(9-7)5-1-2-5/h5-7,9H,1-4H2,(H,10,11)/t6-,7+/m1/s1. The van der Waals surface area contributed by atoms with Crippen LogP contribution in [0.15, 0.2) is 0 Å². The van der Waals surface area contributed by atoms with Crippen LogP contribution in [0.3, 0.4) is 0 Å². The Morgan fingerprint density at radius 1 is 1.27 bits per heavy atom. The minimum Gasteiger partial charge on any atom is -0.480 e. The monoisotopic (exact) mass is 155 g/mol. The molecule has 0 radical (unpaired) electrons. The van der Waals surface area contributed by atoms with Gasteiger partial charge in [0.2, 0.25) is 0 Å². The summed E-state index contributed by atoms with van der Waals surface area (Å²) in [6.45, 7) is 0. The fourth-order valence-electron chi connectivity index (χ4n) is 1.84. The molecule has 0 aromatic rings. The van der Waals surface area contributed by atoms with Gasteiger partial charge in [0.25, 0.3) is 0 Å². The molecule has 0 spiro atoms. The van der Waals surface area contributed by atoms with E-state index in [9.17, 15) is 4.79 Å². The number of nitrogens with one attached hydrogen (secondary N) is 1. The van der Waals surface area contributed by atoms with Gasteiger partial charge in [-0.05, 0) is 31.6 Å². The average Bonchev–Trinajstić information content (AvgIpc) is 2.68. The molecular formula is C8H13NO2. The first kappa shape index (κ1) is 7.10. The van der Waals surface area contributed by atoms with Crippen molar-refractivity contribution >= 4 is 5.97 Å². The van der Waals surface area contributed by atoms with E-state index in [2.05, 4.69) is 5.32 Å². The lowest BCUT2D eigenvalue weighted by molar-refractivity contribution is -0.139. The molecule has 1 saturated carbocycles. The van der Waals surface area contributed by atoms with Crippen LogP contribution >= 0.6 is 0 Å². The van der Waals surface area contributed by atoms with Gasteiger partial charge in [0.1, 0.15) is 6.04 Å². The van der Waals surface area contributed by atoms with Gasteiger partial charge in [0.05, 0.1) is 0 Å². The van der Waals surface area contributed by atoms with Crippen LogP contribution in [0.2, 0.25) is 0 Å². The summed E-state index contributed by atoms with van der Waals surface area (Å²) in [6, 6.07) is 0.247. The number of hydrogen-bond acceptors (Lipinski definition) is 2. The average molecular weight is 155 g/mol. The Labute approximate surface area is 65.8 Å². The van der Waals surface area contributed by atoms with Crippen molar-refractivity contribution in [2.45, 2.75) is 37.8 Å². The summed E-state index contributed by atoms with van der Waals surface area (Å²) in [5.74, 6) is 0.104. The van der Waals surface area contributed by atoms with Crippen molar-refractivity contribution < 1.29 is 9.90 Å². The van der Waals surface area contributed by atoms with Gasteiger partial charge in [0.15, 0.2) is 0 Å². The Hall–Kier alpha value is -0.570. The van der Waals surface area contributed by atoms with Crippen molar-refractivity contribution in [1.82, 2.24) is 5.32 Å². The molecule has 1 heterocycles. The zero-order chi connectivity index (χ0) is 7.84. The SMILES string of the molecule is O=C(O)[C@@H]1CC[C@H](C2CC2)N1. The maximum absolute atomic E-state index is 10.5. The van der Waals surface area contributed by atoms with Crippen molar-refractivity contribution in [3.63, 3.8) is 0 Å². The second-order valence-electron chi connectivity index (χ2n) is 3.58. The van der Waals surface area contributed by atoms with E-state index in [4.69, 9.17) is 5.11 Å². The first-order chi connectivity index (χ1) is 5.27. The smallest absolute Gasteiger partial charge is 0.320 e. The van der Waals surface area contributed by atoms with Crippen molar-refractivity contribution in [3.8, 4) is 0 Å². The van der Waals surface area contributed by atoms with Gasteiger partial charge in [0, 0.05) is 6.04 Å². The van der Waals surface area contributed by atoms with Crippen LogP contribution in [0.5, 0.6) is 0 Å². The minimum atomic E-state index is -0.687. The molecule has 0 aromatic heterocycles. The Morgan fingerprint density at radius 3 is 2.45 bits per heavy atom. The topological polar surface area (TPSA) is 49.3 Å². The summed E-state index contributed by atoms with van der Waals surface area (Å²) >= 11 is 0. The largest absolute Gasteiger partial charge is 0.480 e. The van der Waals surface area contributed by atoms with Crippen molar-refractivity contribution in [1.29, 1.82) is 0 Å². The van der Waals surface area contributed by atoms with Gasteiger partial charge in [-0.25, -0.2) is 0 Å². The van der Waals surface area contributed by atoms with Crippen LogP contribution in [0.1, 0.15) is 25.7 Å². The summed E-state index contributed by atoms with van der Waals surface area (Å²) < 4.78 is 0. The zero-order valence-electron chi connectivity index (χ0n) is 6.42. The predicted octanol–water partition coefficient (Wildman–Crippen LogP) is 0.602. The third-order valence-corrected chi connectivity index (χ3v) is 2.67. The molecule has 2 aliphatic rings. The highest BCUT2D eigenvalue weighted by atomic mass is 16.4. The van der Waals surface area contributed by atoms with E-state index in [1.54, 1.807) is 0 Å². The van der Waals surface area contributed by atoms with E-state index in [0.29, 0.717) is 6.04 Å². The fraction of sp³-hybridized carbons (Fsp3) is 0.875. The van der Waals surface area contributed by atoms with E-state index >= 15 is 0 Å². The van der Waals surface area contributed by atoms with Gasteiger partial charge < -0.3 is 10.4 Å². The van der Waals surface area contributed by atoms with E-state index in [1.807, 2.05) is 0 Å². The Morgan fingerprint density at radius 2 is 2.00 bits per heavy atom. The molecule has 0 amide bonds. The van der Waals surface area contributed by atoms with Crippen molar-refractivity contribution in [3.05, 3.63) is 0 Å². The molecule has 1 aliphatic heterocycles.